The summed E-state index contributed by atoms with van der Waals surface area (Å²) in [5.74, 6) is -1.11. The number of anilines is 2. The van der Waals surface area contributed by atoms with Crippen molar-refractivity contribution < 1.29 is 24.0 Å². The number of morpholine rings is 1. The van der Waals surface area contributed by atoms with E-state index in [0.29, 0.717) is 43.2 Å². The molecule has 0 saturated carbocycles. The molecule has 2 aromatic carbocycles. The third kappa shape index (κ3) is 4.64. The number of hydrogen-bond donors (Lipinski definition) is 1. The minimum absolute atomic E-state index is 0.0607. The molecule has 0 bridgehead atoms. The fourth-order valence-electron chi connectivity index (χ4n) is 2.96. The molecule has 1 N–H and O–H groups in total. The number of nitrogens with one attached hydrogen (secondary N) is 1. The van der Waals surface area contributed by atoms with Crippen molar-refractivity contribution in [3.8, 4) is 0 Å². The van der Waals surface area contributed by atoms with Crippen molar-refractivity contribution in [2.45, 2.75) is 0 Å². The standard InChI is InChI=1S/C19H18ClN3O6/c1-28-19(25)14-11-13(3-5-16(14)22-6-8-29-9-7-22)21-18(24)12-2-4-15(20)17(10-12)23(26)27/h2-5,10-11H,6-9H2,1H3,(H,21,24). The predicted octanol–water partition coefficient (Wildman–Crippen LogP) is 3.12. The van der Waals surface area contributed by atoms with Crippen molar-refractivity contribution in [3.05, 3.63) is 62.7 Å². The lowest BCUT2D eigenvalue weighted by Gasteiger charge is -2.30. The summed E-state index contributed by atoms with van der Waals surface area (Å²) in [4.78, 5) is 37.1. The van der Waals surface area contributed by atoms with Crippen LogP contribution in [0.2, 0.25) is 5.02 Å². The SMILES string of the molecule is COC(=O)c1cc(NC(=O)c2ccc(Cl)c([N+](=O)[O-])c2)ccc1N1CCOCC1. The largest absolute Gasteiger partial charge is 0.465 e. The molecule has 0 radical (unpaired) electrons. The smallest absolute Gasteiger partial charge is 0.340 e. The summed E-state index contributed by atoms with van der Waals surface area (Å²) in [6.45, 7) is 2.36. The van der Waals surface area contributed by atoms with Gasteiger partial charge < -0.3 is 19.7 Å². The van der Waals surface area contributed by atoms with Crippen molar-refractivity contribution in [1.29, 1.82) is 0 Å². The average molecular weight is 420 g/mol. The van der Waals surface area contributed by atoms with Crippen LogP contribution in [0.5, 0.6) is 0 Å². The Morgan fingerprint density at radius 1 is 1.21 bits per heavy atom. The van der Waals surface area contributed by atoms with Crippen LogP contribution in [0.3, 0.4) is 0 Å². The Morgan fingerprint density at radius 2 is 1.93 bits per heavy atom. The highest BCUT2D eigenvalue weighted by atomic mass is 35.5. The third-order valence-corrected chi connectivity index (χ3v) is 4.74. The van der Waals surface area contributed by atoms with Crippen LogP contribution in [-0.2, 0) is 9.47 Å². The molecule has 0 aliphatic carbocycles. The van der Waals surface area contributed by atoms with E-state index >= 15 is 0 Å². The highest BCUT2D eigenvalue weighted by molar-refractivity contribution is 6.32. The highest BCUT2D eigenvalue weighted by Gasteiger charge is 2.21. The summed E-state index contributed by atoms with van der Waals surface area (Å²) in [6.07, 6.45) is 0. The molecule has 0 atom stereocenters. The van der Waals surface area contributed by atoms with Gasteiger partial charge >= 0.3 is 5.97 Å². The zero-order valence-corrected chi connectivity index (χ0v) is 16.3. The van der Waals surface area contributed by atoms with Gasteiger partial charge in [0.1, 0.15) is 5.02 Å². The van der Waals surface area contributed by atoms with Crippen molar-refractivity contribution in [2.75, 3.05) is 43.6 Å². The van der Waals surface area contributed by atoms with Gasteiger partial charge in [0.25, 0.3) is 11.6 Å². The second-order valence-corrected chi connectivity index (χ2v) is 6.61. The molecular formula is C19H18ClN3O6. The van der Waals surface area contributed by atoms with Crippen molar-refractivity contribution in [2.24, 2.45) is 0 Å². The Hall–Kier alpha value is -3.17. The first-order chi connectivity index (χ1) is 13.9. The molecule has 1 saturated heterocycles. The molecule has 0 unspecified atom stereocenters. The molecule has 9 nitrogen and oxygen atoms in total. The maximum Gasteiger partial charge on any atom is 0.340 e. The molecule has 1 aliphatic heterocycles. The number of methoxy groups -OCH3 is 1. The lowest BCUT2D eigenvalue weighted by Crippen LogP contribution is -2.37. The number of halogens is 1. The summed E-state index contributed by atoms with van der Waals surface area (Å²) in [5, 5.41) is 13.6. The molecule has 2 aromatic rings. The van der Waals surface area contributed by atoms with E-state index in [2.05, 4.69) is 5.32 Å². The van der Waals surface area contributed by atoms with Crippen molar-refractivity contribution in [1.82, 2.24) is 0 Å². The molecule has 152 valence electrons. The summed E-state index contributed by atoms with van der Waals surface area (Å²) in [5.41, 5.74) is 1.04. The number of hydrogen-bond acceptors (Lipinski definition) is 7. The van der Waals surface area contributed by atoms with Gasteiger partial charge in [0, 0.05) is 30.4 Å². The van der Waals surface area contributed by atoms with Gasteiger partial charge in [0.05, 0.1) is 36.5 Å². The van der Waals surface area contributed by atoms with E-state index in [0.717, 1.165) is 6.07 Å². The highest BCUT2D eigenvalue weighted by Crippen LogP contribution is 2.28. The van der Waals surface area contributed by atoms with Crippen molar-refractivity contribution in [3.63, 3.8) is 0 Å². The van der Waals surface area contributed by atoms with E-state index in [9.17, 15) is 19.7 Å². The molecule has 1 heterocycles. The van der Waals surface area contributed by atoms with E-state index in [1.54, 1.807) is 12.1 Å². The monoisotopic (exact) mass is 419 g/mol. The summed E-state index contributed by atoms with van der Waals surface area (Å²) in [7, 11) is 1.28. The quantitative estimate of drug-likeness (QED) is 0.450. The van der Waals surface area contributed by atoms with Crippen LogP contribution in [0.15, 0.2) is 36.4 Å². The molecule has 1 amide bonds. The van der Waals surface area contributed by atoms with Gasteiger partial charge in [-0.15, -0.1) is 0 Å². The number of nitro groups is 1. The topological polar surface area (TPSA) is 111 Å². The Labute approximate surface area is 171 Å². The molecule has 29 heavy (non-hydrogen) atoms. The maximum absolute atomic E-state index is 12.5. The number of amides is 1. The predicted molar refractivity (Wildman–Crippen MR) is 107 cm³/mol. The van der Waals surface area contributed by atoms with Crippen LogP contribution in [0.1, 0.15) is 20.7 Å². The number of carbonyl (C=O) groups is 2. The summed E-state index contributed by atoms with van der Waals surface area (Å²) < 4.78 is 10.2. The van der Waals surface area contributed by atoms with Gasteiger partial charge in [-0.05, 0) is 30.3 Å². The van der Waals surface area contributed by atoms with E-state index in [4.69, 9.17) is 21.1 Å². The number of esters is 1. The zero-order chi connectivity index (χ0) is 21.0. The Morgan fingerprint density at radius 3 is 2.59 bits per heavy atom. The second kappa shape index (κ2) is 8.89. The lowest BCUT2D eigenvalue weighted by atomic mass is 10.1. The molecule has 0 aromatic heterocycles. The fourth-order valence-corrected chi connectivity index (χ4v) is 3.15. The summed E-state index contributed by atoms with van der Waals surface area (Å²) in [6, 6.07) is 8.65. The Balaban J connectivity index is 1.87. The first-order valence-corrected chi connectivity index (χ1v) is 9.09. The number of rotatable bonds is 5. The van der Waals surface area contributed by atoms with Gasteiger partial charge in [-0.3, -0.25) is 14.9 Å². The number of nitro benzene ring substituents is 1. The first-order valence-electron chi connectivity index (χ1n) is 8.71. The second-order valence-electron chi connectivity index (χ2n) is 6.20. The van der Waals surface area contributed by atoms with Crippen molar-refractivity contribution >= 4 is 40.5 Å². The van der Waals surface area contributed by atoms with E-state index in [1.807, 2.05) is 4.90 Å². The minimum Gasteiger partial charge on any atom is -0.465 e. The zero-order valence-electron chi connectivity index (χ0n) is 15.5. The Bertz CT molecular complexity index is 959. The van der Waals surface area contributed by atoms with Gasteiger partial charge in [-0.1, -0.05) is 11.6 Å². The van der Waals surface area contributed by atoms with Gasteiger partial charge in [-0.2, -0.15) is 0 Å². The molecule has 1 fully saturated rings. The lowest BCUT2D eigenvalue weighted by molar-refractivity contribution is -0.384. The summed E-state index contributed by atoms with van der Waals surface area (Å²) >= 11 is 5.78. The van der Waals surface area contributed by atoms with Crippen LogP contribution in [-0.4, -0.2) is 50.2 Å². The number of nitrogens with zero attached hydrogens (tertiary/aromatic N) is 2. The molecule has 3 rings (SSSR count). The van der Waals surface area contributed by atoms with Crippen LogP contribution >= 0.6 is 11.6 Å². The molecule has 0 spiro atoms. The Kier molecular flexibility index (Phi) is 6.30. The normalized spacial score (nSPS) is 13.7. The molecule has 10 heteroatoms. The number of ether oxygens (including phenoxy) is 2. The molecular weight excluding hydrogens is 402 g/mol. The average Bonchev–Trinajstić information content (AvgIpc) is 2.73. The number of benzene rings is 2. The van der Waals surface area contributed by atoms with E-state index in [1.165, 1.54) is 25.3 Å². The number of carbonyl (C=O) groups excluding carboxylic acids is 2. The fraction of sp³-hybridized carbons (Fsp3) is 0.263. The first kappa shape index (κ1) is 20.6. The van der Waals surface area contributed by atoms with Crippen LogP contribution in [0, 0.1) is 10.1 Å². The van der Waals surface area contributed by atoms with Crippen LogP contribution < -0.4 is 10.2 Å². The van der Waals surface area contributed by atoms with E-state index in [-0.39, 0.29) is 16.3 Å². The maximum atomic E-state index is 12.5. The minimum atomic E-state index is -0.661. The van der Waals surface area contributed by atoms with Gasteiger partial charge in [0.15, 0.2) is 0 Å². The van der Waals surface area contributed by atoms with Gasteiger partial charge in [0.2, 0.25) is 0 Å². The van der Waals surface area contributed by atoms with Gasteiger partial charge in [-0.25, -0.2) is 4.79 Å². The van der Waals surface area contributed by atoms with Crippen LogP contribution in [0.25, 0.3) is 0 Å². The third-order valence-electron chi connectivity index (χ3n) is 4.42. The van der Waals surface area contributed by atoms with E-state index < -0.39 is 16.8 Å². The molecule has 1 aliphatic rings. The van der Waals surface area contributed by atoms with Crippen LogP contribution in [0.4, 0.5) is 17.1 Å².